The minimum atomic E-state index is -0.907. The molecule has 0 unspecified atom stereocenters. The molecule has 0 aliphatic heterocycles. The first-order chi connectivity index (χ1) is 12.9. The number of nitrogens with one attached hydrogen (secondary N) is 1. The van der Waals surface area contributed by atoms with Gasteiger partial charge in [-0.2, -0.15) is 5.10 Å². The van der Waals surface area contributed by atoms with Crippen molar-refractivity contribution in [2.24, 2.45) is 0 Å². The number of esters is 1. The normalized spacial score (nSPS) is 16.0. The number of benzene rings is 1. The van der Waals surface area contributed by atoms with E-state index < -0.39 is 5.54 Å². The van der Waals surface area contributed by atoms with E-state index in [9.17, 15) is 9.59 Å². The second kappa shape index (κ2) is 7.94. The minimum Gasteiger partial charge on any atom is -0.467 e. The van der Waals surface area contributed by atoms with Gasteiger partial charge in [0.25, 0.3) is 5.91 Å². The average Bonchev–Trinajstić information content (AvgIpc) is 2.98. The van der Waals surface area contributed by atoms with Gasteiger partial charge >= 0.3 is 5.97 Å². The van der Waals surface area contributed by atoms with Gasteiger partial charge in [0.05, 0.1) is 19.3 Å². The summed E-state index contributed by atoms with van der Waals surface area (Å²) in [7, 11) is 1.37. The Morgan fingerprint density at radius 3 is 2.56 bits per heavy atom. The second-order valence-corrected chi connectivity index (χ2v) is 7.37. The van der Waals surface area contributed by atoms with Crippen molar-refractivity contribution in [3.05, 3.63) is 52.8 Å². The van der Waals surface area contributed by atoms with Gasteiger partial charge in [-0.25, -0.2) is 4.79 Å². The molecule has 1 aromatic heterocycles. The van der Waals surface area contributed by atoms with Crippen LogP contribution in [-0.2, 0) is 16.1 Å². The summed E-state index contributed by atoms with van der Waals surface area (Å²) < 4.78 is 6.90. The standard InChI is InChI=1S/C21H27N3O3/c1-15-12-16(2)24(23-15)14-17-8-7-9-18(13-17)19(25)22-21(20(26)27-3)10-5-4-6-11-21/h7-9,12-13H,4-6,10-11,14H2,1-3H3,(H,22,25). The first-order valence-electron chi connectivity index (χ1n) is 9.44. The van der Waals surface area contributed by atoms with E-state index in [1.807, 2.05) is 42.8 Å². The van der Waals surface area contributed by atoms with Crippen molar-refractivity contribution < 1.29 is 14.3 Å². The van der Waals surface area contributed by atoms with Gasteiger partial charge in [-0.1, -0.05) is 31.4 Å². The lowest BCUT2D eigenvalue weighted by molar-refractivity contribution is -0.149. The van der Waals surface area contributed by atoms with Crippen molar-refractivity contribution in [3.8, 4) is 0 Å². The number of hydrogen-bond donors (Lipinski definition) is 1. The smallest absolute Gasteiger partial charge is 0.331 e. The third kappa shape index (κ3) is 4.21. The number of rotatable bonds is 5. The lowest BCUT2D eigenvalue weighted by Crippen LogP contribution is -2.56. The number of ether oxygens (including phenoxy) is 1. The molecule has 2 aromatic rings. The highest BCUT2D eigenvalue weighted by Crippen LogP contribution is 2.29. The van der Waals surface area contributed by atoms with Crippen molar-refractivity contribution in [2.45, 2.75) is 58.0 Å². The molecular weight excluding hydrogens is 342 g/mol. The molecule has 27 heavy (non-hydrogen) atoms. The van der Waals surface area contributed by atoms with Gasteiger partial charge in [-0.15, -0.1) is 0 Å². The number of carbonyl (C=O) groups is 2. The molecule has 1 aliphatic carbocycles. The van der Waals surface area contributed by atoms with Crippen molar-refractivity contribution in [1.29, 1.82) is 0 Å². The van der Waals surface area contributed by atoms with E-state index in [0.29, 0.717) is 24.9 Å². The van der Waals surface area contributed by atoms with Gasteiger partial charge in [0.1, 0.15) is 5.54 Å². The maximum atomic E-state index is 12.9. The first kappa shape index (κ1) is 19.1. The topological polar surface area (TPSA) is 73.2 Å². The quantitative estimate of drug-likeness (QED) is 0.822. The summed E-state index contributed by atoms with van der Waals surface area (Å²) in [6.07, 6.45) is 4.14. The summed E-state index contributed by atoms with van der Waals surface area (Å²) >= 11 is 0. The molecule has 0 atom stereocenters. The SMILES string of the molecule is COC(=O)C1(NC(=O)c2cccc(Cn3nc(C)cc3C)c2)CCCCC1. The molecule has 0 saturated heterocycles. The maximum Gasteiger partial charge on any atom is 0.331 e. The molecule has 0 bridgehead atoms. The van der Waals surface area contributed by atoms with Gasteiger partial charge in [0, 0.05) is 11.3 Å². The number of hydrogen-bond acceptors (Lipinski definition) is 4. The Bertz CT molecular complexity index is 835. The van der Waals surface area contributed by atoms with E-state index in [0.717, 1.165) is 36.2 Å². The molecule has 3 rings (SSSR count). The fourth-order valence-corrected chi connectivity index (χ4v) is 3.84. The zero-order chi connectivity index (χ0) is 19.4. The summed E-state index contributed by atoms with van der Waals surface area (Å²) in [6, 6.07) is 9.50. The number of aromatic nitrogens is 2. The lowest BCUT2D eigenvalue weighted by Gasteiger charge is -2.35. The molecule has 144 valence electrons. The fraction of sp³-hybridized carbons (Fsp3) is 0.476. The molecule has 1 amide bonds. The molecule has 6 nitrogen and oxygen atoms in total. The van der Waals surface area contributed by atoms with Gasteiger partial charge in [0.2, 0.25) is 0 Å². The third-order valence-electron chi connectivity index (χ3n) is 5.26. The second-order valence-electron chi connectivity index (χ2n) is 7.37. The van der Waals surface area contributed by atoms with E-state index in [2.05, 4.69) is 10.4 Å². The number of nitrogens with zero attached hydrogens (tertiary/aromatic N) is 2. The highest BCUT2D eigenvalue weighted by atomic mass is 16.5. The lowest BCUT2D eigenvalue weighted by atomic mass is 9.81. The molecule has 1 aliphatic rings. The molecular formula is C21H27N3O3. The predicted molar refractivity (Wildman–Crippen MR) is 103 cm³/mol. The third-order valence-corrected chi connectivity index (χ3v) is 5.26. The van der Waals surface area contributed by atoms with Crippen LogP contribution < -0.4 is 5.32 Å². The van der Waals surface area contributed by atoms with Crippen LogP contribution in [0.25, 0.3) is 0 Å². The first-order valence-corrected chi connectivity index (χ1v) is 9.44. The van der Waals surface area contributed by atoms with Crippen LogP contribution in [0.2, 0.25) is 0 Å². The van der Waals surface area contributed by atoms with Crippen LogP contribution in [0.1, 0.15) is 59.4 Å². The molecule has 6 heteroatoms. The predicted octanol–water partition coefficient (Wildman–Crippen LogP) is 3.15. The van der Waals surface area contributed by atoms with Gasteiger partial charge in [-0.3, -0.25) is 9.48 Å². The summed E-state index contributed by atoms with van der Waals surface area (Å²) in [5, 5.41) is 7.44. The molecule has 1 saturated carbocycles. The van der Waals surface area contributed by atoms with Crippen molar-refractivity contribution in [2.75, 3.05) is 7.11 Å². The van der Waals surface area contributed by atoms with Crippen LogP contribution in [0.5, 0.6) is 0 Å². The monoisotopic (exact) mass is 369 g/mol. The molecule has 0 radical (unpaired) electrons. The largest absolute Gasteiger partial charge is 0.467 e. The summed E-state index contributed by atoms with van der Waals surface area (Å²) in [5.74, 6) is -0.591. The van der Waals surface area contributed by atoms with Crippen LogP contribution in [0.4, 0.5) is 0 Å². The van der Waals surface area contributed by atoms with Crippen molar-refractivity contribution >= 4 is 11.9 Å². The summed E-state index contributed by atoms with van der Waals surface area (Å²) in [4.78, 5) is 25.2. The Morgan fingerprint density at radius 2 is 1.93 bits per heavy atom. The van der Waals surface area contributed by atoms with E-state index in [4.69, 9.17) is 4.74 Å². The van der Waals surface area contributed by atoms with Crippen molar-refractivity contribution in [1.82, 2.24) is 15.1 Å². The van der Waals surface area contributed by atoms with Crippen LogP contribution in [0, 0.1) is 13.8 Å². The highest BCUT2D eigenvalue weighted by molar-refractivity contribution is 5.98. The molecule has 1 N–H and O–H groups in total. The Kier molecular flexibility index (Phi) is 5.63. The number of aryl methyl sites for hydroxylation is 2. The zero-order valence-corrected chi connectivity index (χ0v) is 16.2. The van der Waals surface area contributed by atoms with Crippen LogP contribution in [0.15, 0.2) is 30.3 Å². The Hall–Kier alpha value is -2.63. The van der Waals surface area contributed by atoms with E-state index in [1.165, 1.54) is 7.11 Å². The fourth-order valence-electron chi connectivity index (χ4n) is 3.84. The molecule has 1 heterocycles. The molecule has 0 spiro atoms. The van der Waals surface area contributed by atoms with E-state index in [-0.39, 0.29) is 11.9 Å². The zero-order valence-electron chi connectivity index (χ0n) is 16.2. The molecule has 1 fully saturated rings. The van der Waals surface area contributed by atoms with Gasteiger partial charge in [-0.05, 0) is 50.5 Å². The molecule has 1 aromatic carbocycles. The summed E-state index contributed by atoms with van der Waals surface area (Å²) in [6.45, 7) is 4.58. The minimum absolute atomic E-state index is 0.238. The maximum absolute atomic E-state index is 12.9. The number of amides is 1. The Balaban J connectivity index is 1.78. The summed E-state index contributed by atoms with van der Waals surface area (Å²) in [5.41, 5.74) is 2.68. The van der Waals surface area contributed by atoms with E-state index >= 15 is 0 Å². The number of carbonyl (C=O) groups excluding carboxylic acids is 2. The Morgan fingerprint density at radius 1 is 1.19 bits per heavy atom. The van der Waals surface area contributed by atoms with Crippen LogP contribution in [-0.4, -0.2) is 34.3 Å². The highest BCUT2D eigenvalue weighted by Gasteiger charge is 2.42. The number of methoxy groups -OCH3 is 1. The van der Waals surface area contributed by atoms with Gasteiger partial charge in [0.15, 0.2) is 0 Å². The van der Waals surface area contributed by atoms with Crippen molar-refractivity contribution in [3.63, 3.8) is 0 Å². The Labute approximate surface area is 159 Å². The van der Waals surface area contributed by atoms with Crippen LogP contribution in [0.3, 0.4) is 0 Å². The van der Waals surface area contributed by atoms with Crippen LogP contribution >= 0.6 is 0 Å². The average molecular weight is 369 g/mol. The van der Waals surface area contributed by atoms with E-state index in [1.54, 1.807) is 6.07 Å². The van der Waals surface area contributed by atoms with Gasteiger partial charge < -0.3 is 10.1 Å².